The van der Waals surface area contributed by atoms with E-state index in [0.717, 1.165) is 21.3 Å². The van der Waals surface area contributed by atoms with Gasteiger partial charge in [-0.2, -0.15) is 0 Å². The second kappa shape index (κ2) is 8.39. The Balaban J connectivity index is 2.94. The van der Waals surface area contributed by atoms with Gasteiger partial charge in [-0.25, -0.2) is 0 Å². The highest BCUT2D eigenvalue weighted by Crippen LogP contribution is 2.38. The second-order valence-corrected chi connectivity index (χ2v) is 7.27. The summed E-state index contributed by atoms with van der Waals surface area (Å²) in [6.07, 6.45) is 0.398. The summed E-state index contributed by atoms with van der Waals surface area (Å²) in [5.74, 6) is -0.139. The van der Waals surface area contributed by atoms with E-state index in [1.54, 1.807) is 11.3 Å². The van der Waals surface area contributed by atoms with Crippen LogP contribution in [-0.2, 0) is 9.53 Å². The van der Waals surface area contributed by atoms with Gasteiger partial charge in [0.15, 0.2) is 0 Å². The first-order chi connectivity index (χ1) is 9.03. The quantitative estimate of drug-likeness (QED) is 0.612. The molecular weight excluding hydrogens is 394 g/mol. The zero-order valence-corrected chi connectivity index (χ0v) is 15.4. The lowest BCUT2D eigenvalue weighted by molar-refractivity contribution is -0.144. The van der Waals surface area contributed by atoms with E-state index in [2.05, 4.69) is 56.7 Å². The fraction of sp³-hybridized carbons (Fsp3) is 0.615. The standard InChI is InChI=1S/C13H19Br2NO2S/c1-4-16(5-2)10(8-12(17)18-6-3)11-7-9(14)13(15)19-11/h7,10H,4-6,8H2,1-3H3. The van der Waals surface area contributed by atoms with Gasteiger partial charge in [0.05, 0.1) is 22.9 Å². The van der Waals surface area contributed by atoms with Gasteiger partial charge in [-0.15, -0.1) is 11.3 Å². The van der Waals surface area contributed by atoms with Crippen molar-refractivity contribution in [3.05, 3.63) is 19.2 Å². The molecule has 0 aromatic carbocycles. The molecule has 1 rings (SSSR count). The summed E-state index contributed by atoms with van der Waals surface area (Å²) in [7, 11) is 0. The Labute approximate surface area is 135 Å². The van der Waals surface area contributed by atoms with Crippen LogP contribution in [0.1, 0.15) is 38.1 Å². The monoisotopic (exact) mass is 411 g/mol. The van der Waals surface area contributed by atoms with E-state index in [4.69, 9.17) is 4.74 Å². The maximum Gasteiger partial charge on any atom is 0.307 e. The van der Waals surface area contributed by atoms with Crippen LogP contribution in [0.4, 0.5) is 0 Å². The number of hydrogen-bond acceptors (Lipinski definition) is 4. The van der Waals surface area contributed by atoms with Crippen molar-refractivity contribution in [3.8, 4) is 0 Å². The molecule has 3 nitrogen and oxygen atoms in total. The number of esters is 1. The minimum Gasteiger partial charge on any atom is -0.466 e. The number of ether oxygens (including phenoxy) is 1. The Morgan fingerprint density at radius 1 is 1.37 bits per heavy atom. The third kappa shape index (κ3) is 4.85. The van der Waals surface area contributed by atoms with E-state index in [-0.39, 0.29) is 12.0 Å². The number of carbonyl (C=O) groups excluding carboxylic acids is 1. The summed E-state index contributed by atoms with van der Waals surface area (Å²) in [5, 5.41) is 0. The summed E-state index contributed by atoms with van der Waals surface area (Å²) in [6.45, 7) is 8.31. The lowest BCUT2D eigenvalue weighted by atomic mass is 10.1. The molecule has 19 heavy (non-hydrogen) atoms. The van der Waals surface area contributed by atoms with Crippen LogP contribution < -0.4 is 0 Å². The Morgan fingerprint density at radius 3 is 2.42 bits per heavy atom. The highest BCUT2D eigenvalue weighted by molar-refractivity contribution is 9.13. The average molecular weight is 413 g/mol. The molecule has 0 fully saturated rings. The maximum atomic E-state index is 11.8. The van der Waals surface area contributed by atoms with Gasteiger partial charge in [0.1, 0.15) is 0 Å². The molecule has 1 heterocycles. The van der Waals surface area contributed by atoms with Gasteiger partial charge >= 0.3 is 5.97 Å². The number of thiophene rings is 1. The van der Waals surface area contributed by atoms with Crippen LogP contribution in [0.2, 0.25) is 0 Å². The first kappa shape index (κ1) is 17.1. The molecule has 0 saturated heterocycles. The molecule has 1 aromatic heterocycles. The number of halogens is 2. The van der Waals surface area contributed by atoms with E-state index in [1.807, 2.05) is 6.92 Å². The van der Waals surface area contributed by atoms with Gasteiger partial charge in [0.25, 0.3) is 0 Å². The zero-order valence-electron chi connectivity index (χ0n) is 11.4. The predicted molar refractivity (Wildman–Crippen MR) is 86.6 cm³/mol. The minimum absolute atomic E-state index is 0.0849. The third-order valence-corrected chi connectivity index (χ3v) is 6.27. The fourth-order valence-electron chi connectivity index (χ4n) is 1.98. The van der Waals surface area contributed by atoms with Crippen LogP contribution >= 0.6 is 43.2 Å². The fourth-order valence-corrected chi connectivity index (χ4v) is 4.20. The molecule has 0 amide bonds. The lowest BCUT2D eigenvalue weighted by Gasteiger charge is -2.28. The number of carbonyl (C=O) groups is 1. The van der Waals surface area contributed by atoms with Gasteiger partial charge in [0.2, 0.25) is 0 Å². The molecule has 0 aliphatic carbocycles. The molecule has 1 unspecified atom stereocenters. The van der Waals surface area contributed by atoms with Crippen LogP contribution in [0.3, 0.4) is 0 Å². The van der Waals surface area contributed by atoms with E-state index in [0.29, 0.717) is 13.0 Å². The molecule has 1 aromatic rings. The Kier molecular flexibility index (Phi) is 7.57. The van der Waals surface area contributed by atoms with Gasteiger partial charge in [-0.1, -0.05) is 13.8 Å². The third-order valence-electron chi connectivity index (χ3n) is 2.91. The molecule has 0 saturated carbocycles. The van der Waals surface area contributed by atoms with Crippen LogP contribution in [-0.4, -0.2) is 30.6 Å². The van der Waals surface area contributed by atoms with Gasteiger partial charge < -0.3 is 4.74 Å². The zero-order chi connectivity index (χ0) is 14.4. The normalized spacial score (nSPS) is 12.7. The molecule has 0 aliphatic rings. The molecule has 0 bridgehead atoms. The predicted octanol–water partition coefficient (Wildman–Crippen LogP) is 4.61. The summed E-state index contributed by atoms with van der Waals surface area (Å²) in [6, 6.07) is 2.17. The molecule has 1 atom stereocenters. The van der Waals surface area contributed by atoms with Crippen molar-refractivity contribution in [1.82, 2.24) is 4.90 Å². The van der Waals surface area contributed by atoms with E-state index < -0.39 is 0 Å². The Hall–Kier alpha value is 0.0900. The first-order valence-corrected chi connectivity index (χ1v) is 8.78. The molecule has 6 heteroatoms. The number of hydrogen-bond donors (Lipinski definition) is 0. The Bertz CT molecular complexity index is 399. The van der Waals surface area contributed by atoms with Crippen LogP contribution in [0.15, 0.2) is 14.3 Å². The van der Waals surface area contributed by atoms with Crippen molar-refractivity contribution in [2.45, 2.75) is 33.2 Å². The molecular formula is C13H19Br2NO2S. The number of rotatable bonds is 7. The largest absolute Gasteiger partial charge is 0.466 e. The van der Waals surface area contributed by atoms with Crippen molar-refractivity contribution in [2.24, 2.45) is 0 Å². The minimum atomic E-state index is -0.139. The van der Waals surface area contributed by atoms with Crippen LogP contribution in [0.25, 0.3) is 0 Å². The first-order valence-electron chi connectivity index (χ1n) is 6.37. The molecule has 0 radical (unpaired) electrons. The molecule has 0 N–H and O–H groups in total. The lowest BCUT2D eigenvalue weighted by Crippen LogP contribution is -2.30. The van der Waals surface area contributed by atoms with Gasteiger partial charge in [-0.3, -0.25) is 9.69 Å². The smallest absolute Gasteiger partial charge is 0.307 e. The maximum absolute atomic E-state index is 11.8. The van der Waals surface area contributed by atoms with E-state index >= 15 is 0 Å². The van der Waals surface area contributed by atoms with Gasteiger partial charge in [-0.05, 0) is 57.9 Å². The van der Waals surface area contributed by atoms with Crippen LogP contribution in [0.5, 0.6) is 0 Å². The SMILES string of the molecule is CCOC(=O)CC(c1cc(Br)c(Br)s1)N(CC)CC. The molecule has 0 spiro atoms. The summed E-state index contributed by atoms with van der Waals surface area (Å²) in [4.78, 5) is 15.2. The number of nitrogens with zero attached hydrogens (tertiary/aromatic N) is 1. The van der Waals surface area contributed by atoms with Crippen molar-refractivity contribution in [2.75, 3.05) is 19.7 Å². The summed E-state index contributed by atoms with van der Waals surface area (Å²) < 4.78 is 7.18. The van der Waals surface area contributed by atoms with Crippen LogP contribution in [0, 0.1) is 0 Å². The van der Waals surface area contributed by atoms with Crippen molar-refractivity contribution >= 4 is 49.2 Å². The van der Waals surface area contributed by atoms with Gasteiger partial charge in [0, 0.05) is 9.35 Å². The van der Waals surface area contributed by atoms with Crippen molar-refractivity contribution in [3.63, 3.8) is 0 Å². The highest BCUT2D eigenvalue weighted by atomic mass is 79.9. The second-order valence-electron chi connectivity index (χ2n) is 4.02. The van der Waals surface area contributed by atoms with Crippen molar-refractivity contribution < 1.29 is 9.53 Å². The summed E-state index contributed by atoms with van der Waals surface area (Å²) in [5.41, 5.74) is 0. The molecule has 108 valence electrons. The molecule has 0 aliphatic heterocycles. The Morgan fingerprint density at radius 2 is 2.00 bits per heavy atom. The van der Waals surface area contributed by atoms with Crippen molar-refractivity contribution in [1.29, 1.82) is 0 Å². The van der Waals surface area contributed by atoms with E-state index in [1.165, 1.54) is 4.88 Å². The van der Waals surface area contributed by atoms with E-state index in [9.17, 15) is 4.79 Å². The average Bonchev–Trinajstić information content (AvgIpc) is 2.70. The summed E-state index contributed by atoms with van der Waals surface area (Å²) >= 11 is 8.68. The topological polar surface area (TPSA) is 29.5 Å². The highest BCUT2D eigenvalue weighted by Gasteiger charge is 2.24.